The van der Waals surface area contributed by atoms with E-state index in [4.69, 9.17) is 0 Å². The monoisotopic (exact) mass is 416 g/mol. The van der Waals surface area contributed by atoms with Crippen LogP contribution in [0.2, 0.25) is 0 Å². The van der Waals surface area contributed by atoms with Crippen molar-refractivity contribution >= 4 is 23.1 Å². The Labute approximate surface area is 179 Å². The zero-order valence-corrected chi connectivity index (χ0v) is 17.4. The molecule has 1 saturated heterocycles. The summed E-state index contributed by atoms with van der Waals surface area (Å²) in [5.74, 6) is -2.33. The number of anilines is 1. The number of Topliss-reactive ketones (excluding diaryl/α,β-unsaturated/α-hetero) is 1. The highest BCUT2D eigenvalue weighted by atomic mass is 19.1. The zero-order chi connectivity index (χ0) is 22.3. The number of aryl methyl sites for hydroxylation is 3. The molecule has 0 aliphatic carbocycles. The van der Waals surface area contributed by atoms with E-state index < -0.39 is 23.5 Å². The number of benzene rings is 2. The molecule has 0 bridgehead atoms. The van der Waals surface area contributed by atoms with Crippen LogP contribution < -0.4 is 4.90 Å². The number of rotatable bonds is 3. The molecule has 3 aromatic rings. The van der Waals surface area contributed by atoms with E-state index in [1.165, 1.54) is 23.1 Å². The quantitative estimate of drug-likeness (QED) is 0.379. The molecule has 1 fully saturated rings. The third-order valence-corrected chi connectivity index (χ3v) is 5.47. The molecule has 2 aromatic carbocycles. The minimum atomic E-state index is -0.910. The molecule has 1 N–H and O–H groups in total. The van der Waals surface area contributed by atoms with Crippen LogP contribution in [0, 0.1) is 26.6 Å². The van der Waals surface area contributed by atoms with Gasteiger partial charge in [0.2, 0.25) is 0 Å². The van der Waals surface area contributed by atoms with E-state index in [1.807, 2.05) is 32.0 Å². The standard InChI is InChI=1S/C25H21FN2O3/c1-14-7-8-15(2)20(12-14)28-22(19-6-4-5-11-27-19)21(24(30)25(28)31)23(29)17-9-10-18(26)16(3)13-17/h4-13,22,29H,1-3H3/b23-21-. The first-order valence-corrected chi connectivity index (χ1v) is 9.85. The fraction of sp³-hybridized carbons (Fsp3) is 0.160. The fourth-order valence-corrected chi connectivity index (χ4v) is 3.82. The second kappa shape index (κ2) is 7.80. The van der Waals surface area contributed by atoms with Crippen LogP contribution in [-0.2, 0) is 9.59 Å². The summed E-state index contributed by atoms with van der Waals surface area (Å²) in [7, 11) is 0. The van der Waals surface area contributed by atoms with Gasteiger partial charge >= 0.3 is 0 Å². The lowest BCUT2D eigenvalue weighted by Crippen LogP contribution is -2.30. The number of amides is 1. The molecule has 0 radical (unpaired) electrons. The van der Waals surface area contributed by atoms with Gasteiger partial charge in [-0.3, -0.25) is 19.5 Å². The molecule has 31 heavy (non-hydrogen) atoms. The minimum Gasteiger partial charge on any atom is -0.507 e. The maximum atomic E-state index is 13.7. The van der Waals surface area contributed by atoms with Crippen molar-refractivity contribution in [1.29, 1.82) is 0 Å². The van der Waals surface area contributed by atoms with E-state index in [-0.39, 0.29) is 16.9 Å². The average molecular weight is 416 g/mol. The van der Waals surface area contributed by atoms with Crippen LogP contribution in [0.15, 0.2) is 66.4 Å². The van der Waals surface area contributed by atoms with Gasteiger partial charge in [0.05, 0.1) is 11.3 Å². The zero-order valence-electron chi connectivity index (χ0n) is 17.4. The Morgan fingerprint density at radius 3 is 2.45 bits per heavy atom. The van der Waals surface area contributed by atoms with Crippen molar-refractivity contribution in [3.05, 3.63) is 100 Å². The summed E-state index contributed by atoms with van der Waals surface area (Å²) >= 11 is 0. The predicted molar refractivity (Wildman–Crippen MR) is 116 cm³/mol. The molecular formula is C25H21FN2O3. The largest absolute Gasteiger partial charge is 0.507 e. The molecule has 0 spiro atoms. The summed E-state index contributed by atoms with van der Waals surface area (Å²) in [5, 5.41) is 11.1. The smallest absolute Gasteiger partial charge is 0.300 e. The van der Waals surface area contributed by atoms with Crippen molar-refractivity contribution in [1.82, 2.24) is 4.98 Å². The Balaban J connectivity index is 1.98. The first-order chi connectivity index (χ1) is 14.8. The summed E-state index contributed by atoms with van der Waals surface area (Å²) in [5.41, 5.74) is 3.27. The van der Waals surface area contributed by atoms with E-state index in [2.05, 4.69) is 4.98 Å². The number of hydrogen-bond donors (Lipinski definition) is 1. The summed E-state index contributed by atoms with van der Waals surface area (Å²) in [6.07, 6.45) is 1.57. The van der Waals surface area contributed by atoms with Gasteiger partial charge in [-0.15, -0.1) is 0 Å². The second-order valence-electron chi connectivity index (χ2n) is 7.68. The van der Waals surface area contributed by atoms with Crippen LogP contribution in [-0.4, -0.2) is 21.8 Å². The predicted octanol–water partition coefficient (Wildman–Crippen LogP) is 4.77. The molecule has 1 amide bonds. The number of pyridine rings is 1. The Bertz CT molecular complexity index is 1230. The maximum absolute atomic E-state index is 13.7. The highest BCUT2D eigenvalue weighted by Gasteiger charge is 2.48. The third kappa shape index (κ3) is 3.50. The van der Waals surface area contributed by atoms with Gasteiger partial charge in [-0.2, -0.15) is 0 Å². The Morgan fingerprint density at radius 1 is 1.00 bits per heavy atom. The van der Waals surface area contributed by atoms with Crippen molar-refractivity contribution in [2.75, 3.05) is 4.90 Å². The molecule has 1 aliphatic heterocycles. The number of hydrogen-bond acceptors (Lipinski definition) is 4. The van der Waals surface area contributed by atoms with Gasteiger partial charge in [0.15, 0.2) is 0 Å². The molecule has 1 atom stereocenters. The lowest BCUT2D eigenvalue weighted by molar-refractivity contribution is -0.132. The number of aliphatic hydroxyl groups excluding tert-OH is 1. The molecular weight excluding hydrogens is 395 g/mol. The number of ketones is 1. The Morgan fingerprint density at radius 2 is 1.77 bits per heavy atom. The SMILES string of the molecule is Cc1ccc(C)c(N2C(=O)C(=O)/C(=C(\O)c3ccc(F)c(C)c3)C2c2ccccn2)c1. The number of carbonyl (C=O) groups is 2. The topological polar surface area (TPSA) is 70.5 Å². The number of aliphatic hydroxyl groups is 1. The molecule has 5 nitrogen and oxygen atoms in total. The number of halogens is 1. The average Bonchev–Trinajstić information content (AvgIpc) is 3.02. The molecule has 6 heteroatoms. The van der Waals surface area contributed by atoms with Crippen molar-refractivity contribution in [2.24, 2.45) is 0 Å². The number of nitrogens with zero attached hydrogens (tertiary/aromatic N) is 2. The molecule has 1 aliphatic rings. The van der Waals surface area contributed by atoms with Gasteiger partial charge in [-0.05, 0) is 73.9 Å². The molecule has 1 unspecified atom stereocenters. The summed E-state index contributed by atoms with van der Waals surface area (Å²) in [6, 6.07) is 14.0. The van der Waals surface area contributed by atoms with Crippen LogP contribution in [0.4, 0.5) is 10.1 Å². The summed E-state index contributed by atoms with van der Waals surface area (Å²) < 4.78 is 13.7. The first-order valence-electron chi connectivity index (χ1n) is 9.85. The fourth-order valence-electron chi connectivity index (χ4n) is 3.82. The van der Waals surface area contributed by atoms with Gasteiger partial charge in [0.1, 0.15) is 17.6 Å². The third-order valence-electron chi connectivity index (χ3n) is 5.47. The van der Waals surface area contributed by atoms with Gasteiger partial charge in [-0.1, -0.05) is 18.2 Å². The highest BCUT2D eigenvalue weighted by molar-refractivity contribution is 6.51. The number of aromatic nitrogens is 1. The summed E-state index contributed by atoms with van der Waals surface area (Å²) in [6.45, 7) is 5.32. The molecule has 0 saturated carbocycles. The van der Waals surface area contributed by atoms with Gasteiger partial charge in [0.25, 0.3) is 11.7 Å². The van der Waals surface area contributed by atoms with E-state index in [0.29, 0.717) is 16.9 Å². The van der Waals surface area contributed by atoms with Crippen molar-refractivity contribution in [3.8, 4) is 0 Å². The van der Waals surface area contributed by atoms with Crippen molar-refractivity contribution < 1.29 is 19.1 Å². The second-order valence-corrected chi connectivity index (χ2v) is 7.68. The molecule has 156 valence electrons. The first kappa shape index (κ1) is 20.5. The van der Waals surface area contributed by atoms with Crippen LogP contribution in [0.5, 0.6) is 0 Å². The highest BCUT2D eigenvalue weighted by Crippen LogP contribution is 2.42. The molecule has 2 heterocycles. The number of carbonyl (C=O) groups excluding carboxylic acids is 2. The lowest BCUT2D eigenvalue weighted by atomic mass is 9.97. The van der Waals surface area contributed by atoms with Crippen LogP contribution >= 0.6 is 0 Å². The molecule has 1 aromatic heterocycles. The van der Waals surface area contributed by atoms with Gasteiger partial charge in [0, 0.05) is 17.4 Å². The van der Waals surface area contributed by atoms with Crippen molar-refractivity contribution in [3.63, 3.8) is 0 Å². The summed E-state index contributed by atoms with van der Waals surface area (Å²) in [4.78, 5) is 32.0. The van der Waals surface area contributed by atoms with E-state index in [1.54, 1.807) is 31.3 Å². The van der Waals surface area contributed by atoms with Crippen LogP contribution in [0.1, 0.15) is 34.0 Å². The van der Waals surface area contributed by atoms with Gasteiger partial charge in [-0.25, -0.2) is 4.39 Å². The maximum Gasteiger partial charge on any atom is 0.300 e. The van der Waals surface area contributed by atoms with Crippen LogP contribution in [0.25, 0.3) is 5.76 Å². The van der Waals surface area contributed by atoms with E-state index in [0.717, 1.165) is 11.1 Å². The van der Waals surface area contributed by atoms with Crippen LogP contribution in [0.3, 0.4) is 0 Å². The normalized spacial score (nSPS) is 17.9. The van der Waals surface area contributed by atoms with E-state index >= 15 is 0 Å². The Kier molecular flexibility index (Phi) is 5.15. The van der Waals surface area contributed by atoms with E-state index in [9.17, 15) is 19.1 Å². The molecule has 4 rings (SSSR count). The van der Waals surface area contributed by atoms with Gasteiger partial charge < -0.3 is 5.11 Å². The Hall–Kier alpha value is -3.80. The van der Waals surface area contributed by atoms with Crippen molar-refractivity contribution in [2.45, 2.75) is 26.8 Å². The lowest BCUT2D eigenvalue weighted by Gasteiger charge is -2.26. The minimum absolute atomic E-state index is 0.0735.